The summed E-state index contributed by atoms with van der Waals surface area (Å²) in [5.41, 5.74) is 1.19. The summed E-state index contributed by atoms with van der Waals surface area (Å²) in [6.07, 6.45) is 0. The highest BCUT2D eigenvalue weighted by Crippen LogP contribution is 2.21. The SMILES string of the molecule is CCS(=O)(=O)c1nnc(NC(=O)COc2ccc(C(C)C)cc2)s1. The highest BCUT2D eigenvalue weighted by molar-refractivity contribution is 7.93. The van der Waals surface area contributed by atoms with Gasteiger partial charge in [0.15, 0.2) is 6.61 Å². The van der Waals surface area contributed by atoms with E-state index in [4.69, 9.17) is 4.74 Å². The molecule has 0 atom stereocenters. The number of carbonyl (C=O) groups excluding carboxylic acids is 1. The number of ether oxygens (including phenoxy) is 1. The summed E-state index contributed by atoms with van der Waals surface area (Å²) in [7, 11) is -3.42. The number of rotatable bonds is 7. The Hall–Kier alpha value is -2.00. The van der Waals surface area contributed by atoms with Crippen molar-refractivity contribution in [2.45, 2.75) is 31.0 Å². The molecule has 1 aromatic heterocycles. The largest absolute Gasteiger partial charge is 0.484 e. The van der Waals surface area contributed by atoms with Gasteiger partial charge >= 0.3 is 0 Å². The molecule has 0 saturated carbocycles. The normalized spacial score (nSPS) is 11.5. The maximum atomic E-state index is 11.8. The number of benzene rings is 1. The van der Waals surface area contributed by atoms with Gasteiger partial charge in [0.05, 0.1) is 5.75 Å². The van der Waals surface area contributed by atoms with Gasteiger partial charge in [0.2, 0.25) is 19.3 Å². The molecule has 1 amide bonds. The summed E-state index contributed by atoms with van der Waals surface area (Å²) >= 11 is 0.822. The van der Waals surface area contributed by atoms with E-state index in [0.717, 1.165) is 11.3 Å². The Kier molecular flexibility index (Phi) is 5.89. The third kappa shape index (κ3) is 4.75. The molecule has 0 aliphatic carbocycles. The van der Waals surface area contributed by atoms with Crippen molar-refractivity contribution in [3.63, 3.8) is 0 Å². The highest BCUT2D eigenvalue weighted by Gasteiger charge is 2.18. The van der Waals surface area contributed by atoms with E-state index in [0.29, 0.717) is 11.7 Å². The molecular weight excluding hydrogens is 350 g/mol. The van der Waals surface area contributed by atoms with Crippen LogP contribution in [0.25, 0.3) is 0 Å². The molecule has 0 aliphatic rings. The summed E-state index contributed by atoms with van der Waals surface area (Å²) in [4.78, 5) is 11.8. The van der Waals surface area contributed by atoms with Gasteiger partial charge in [-0.2, -0.15) is 0 Å². The van der Waals surface area contributed by atoms with Crippen molar-refractivity contribution in [1.82, 2.24) is 10.2 Å². The third-order valence-corrected chi connectivity index (χ3v) is 6.23. The van der Waals surface area contributed by atoms with Crippen molar-refractivity contribution >= 4 is 32.2 Å². The first-order valence-corrected chi connectivity index (χ1v) is 9.87. The van der Waals surface area contributed by atoms with Crippen LogP contribution in [0, 0.1) is 0 Å². The number of hydrogen-bond donors (Lipinski definition) is 1. The average Bonchev–Trinajstić information content (AvgIpc) is 3.02. The molecule has 0 aliphatic heterocycles. The Balaban J connectivity index is 1.89. The molecule has 0 saturated heterocycles. The lowest BCUT2D eigenvalue weighted by Crippen LogP contribution is -2.20. The van der Waals surface area contributed by atoms with Crippen LogP contribution in [-0.4, -0.2) is 36.9 Å². The third-order valence-electron chi connectivity index (χ3n) is 3.22. The van der Waals surface area contributed by atoms with Crippen molar-refractivity contribution in [3.8, 4) is 5.75 Å². The Bertz CT molecular complexity index is 798. The molecule has 24 heavy (non-hydrogen) atoms. The van der Waals surface area contributed by atoms with E-state index in [9.17, 15) is 13.2 Å². The van der Waals surface area contributed by atoms with Crippen LogP contribution in [0.3, 0.4) is 0 Å². The van der Waals surface area contributed by atoms with Crippen LogP contribution in [0.5, 0.6) is 5.75 Å². The van der Waals surface area contributed by atoms with E-state index in [1.54, 1.807) is 12.1 Å². The number of carbonyl (C=O) groups is 1. The second-order valence-electron chi connectivity index (χ2n) is 5.34. The van der Waals surface area contributed by atoms with Gasteiger partial charge < -0.3 is 4.74 Å². The molecule has 130 valence electrons. The zero-order valence-corrected chi connectivity index (χ0v) is 15.3. The number of hydrogen-bond acceptors (Lipinski definition) is 7. The van der Waals surface area contributed by atoms with Gasteiger partial charge in [0, 0.05) is 0 Å². The average molecular weight is 369 g/mol. The van der Waals surface area contributed by atoms with E-state index in [2.05, 4.69) is 29.4 Å². The summed E-state index contributed by atoms with van der Waals surface area (Å²) < 4.78 is 28.6. The van der Waals surface area contributed by atoms with Gasteiger partial charge in [-0.3, -0.25) is 10.1 Å². The number of sulfone groups is 1. The molecule has 0 unspecified atom stereocenters. The van der Waals surface area contributed by atoms with E-state index < -0.39 is 15.7 Å². The minimum Gasteiger partial charge on any atom is -0.484 e. The topological polar surface area (TPSA) is 98.3 Å². The van der Waals surface area contributed by atoms with Crippen molar-refractivity contribution < 1.29 is 17.9 Å². The van der Waals surface area contributed by atoms with Crippen LogP contribution in [0.1, 0.15) is 32.3 Å². The maximum Gasteiger partial charge on any atom is 0.264 e. The predicted octanol–water partition coefficient (Wildman–Crippen LogP) is 2.47. The fourth-order valence-corrected chi connectivity index (χ4v) is 3.77. The van der Waals surface area contributed by atoms with E-state index in [1.807, 2.05) is 12.1 Å². The predicted molar refractivity (Wildman–Crippen MR) is 92.3 cm³/mol. The molecule has 2 rings (SSSR count). The highest BCUT2D eigenvalue weighted by atomic mass is 32.2. The number of anilines is 1. The fourth-order valence-electron chi connectivity index (χ4n) is 1.76. The number of nitrogens with zero attached hydrogens (tertiary/aromatic N) is 2. The molecule has 1 N–H and O–H groups in total. The zero-order chi connectivity index (χ0) is 17.7. The van der Waals surface area contributed by atoms with Gasteiger partial charge in [0.25, 0.3) is 5.91 Å². The Labute approximate surface area is 145 Å². The van der Waals surface area contributed by atoms with Gasteiger partial charge in [-0.15, -0.1) is 10.2 Å². The molecule has 9 heteroatoms. The van der Waals surface area contributed by atoms with Gasteiger partial charge in [0.1, 0.15) is 5.75 Å². The summed E-state index contributed by atoms with van der Waals surface area (Å²) in [6.45, 7) is 5.51. The fraction of sp³-hybridized carbons (Fsp3) is 0.400. The molecule has 1 heterocycles. The lowest BCUT2D eigenvalue weighted by Gasteiger charge is -2.08. The number of amides is 1. The first-order chi connectivity index (χ1) is 11.3. The lowest BCUT2D eigenvalue weighted by atomic mass is 10.0. The minimum absolute atomic E-state index is 0.0644. The van der Waals surface area contributed by atoms with Crippen LogP contribution in [0.2, 0.25) is 0 Å². The first kappa shape index (κ1) is 18.3. The number of aromatic nitrogens is 2. The van der Waals surface area contributed by atoms with Gasteiger partial charge in [-0.25, -0.2) is 8.42 Å². The Morgan fingerprint density at radius 2 is 1.92 bits per heavy atom. The molecule has 0 bridgehead atoms. The summed E-state index contributed by atoms with van der Waals surface area (Å²) in [6, 6.07) is 7.51. The van der Waals surface area contributed by atoms with Crippen LogP contribution >= 0.6 is 11.3 Å². The van der Waals surface area contributed by atoms with Crippen molar-refractivity contribution in [2.24, 2.45) is 0 Å². The van der Waals surface area contributed by atoms with Crippen LogP contribution < -0.4 is 10.1 Å². The summed E-state index contributed by atoms with van der Waals surface area (Å²) in [5, 5.41) is 9.84. The standard InChI is InChI=1S/C15H19N3O4S2/c1-4-24(20,21)15-18-17-14(23-15)16-13(19)9-22-12-7-5-11(6-8-12)10(2)3/h5-8,10H,4,9H2,1-3H3,(H,16,17,19). The van der Waals surface area contributed by atoms with E-state index in [1.165, 1.54) is 12.5 Å². The molecule has 0 radical (unpaired) electrons. The molecular formula is C15H19N3O4S2. The van der Waals surface area contributed by atoms with Gasteiger partial charge in [-0.1, -0.05) is 44.2 Å². The minimum atomic E-state index is -3.42. The quantitative estimate of drug-likeness (QED) is 0.753. The van der Waals surface area contributed by atoms with Crippen LogP contribution in [0.15, 0.2) is 28.6 Å². The molecule has 2 aromatic rings. The molecule has 7 nitrogen and oxygen atoms in total. The van der Waals surface area contributed by atoms with Gasteiger partial charge in [-0.05, 0) is 23.6 Å². The second-order valence-corrected chi connectivity index (χ2v) is 8.77. The van der Waals surface area contributed by atoms with E-state index >= 15 is 0 Å². The molecule has 1 aromatic carbocycles. The Morgan fingerprint density at radius 1 is 1.25 bits per heavy atom. The van der Waals surface area contributed by atoms with Crippen LogP contribution in [-0.2, 0) is 14.6 Å². The summed E-state index contributed by atoms with van der Waals surface area (Å²) in [5.74, 6) is 0.513. The van der Waals surface area contributed by atoms with Crippen LogP contribution in [0.4, 0.5) is 5.13 Å². The second kappa shape index (κ2) is 7.71. The number of nitrogens with one attached hydrogen (secondary N) is 1. The Morgan fingerprint density at radius 3 is 2.50 bits per heavy atom. The molecule has 0 fully saturated rings. The van der Waals surface area contributed by atoms with E-state index in [-0.39, 0.29) is 21.8 Å². The lowest BCUT2D eigenvalue weighted by molar-refractivity contribution is -0.118. The van der Waals surface area contributed by atoms with Crippen molar-refractivity contribution in [2.75, 3.05) is 17.7 Å². The zero-order valence-electron chi connectivity index (χ0n) is 13.6. The smallest absolute Gasteiger partial charge is 0.264 e. The maximum absolute atomic E-state index is 11.8. The first-order valence-electron chi connectivity index (χ1n) is 7.40. The monoisotopic (exact) mass is 369 g/mol. The van der Waals surface area contributed by atoms with Crippen molar-refractivity contribution in [3.05, 3.63) is 29.8 Å². The van der Waals surface area contributed by atoms with Crippen molar-refractivity contribution in [1.29, 1.82) is 0 Å². The molecule has 0 spiro atoms.